The van der Waals surface area contributed by atoms with Gasteiger partial charge in [-0.25, -0.2) is 13.4 Å². The van der Waals surface area contributed by atoms with Gasteiger partial charge in [-0.1, -0.05) is 0 Å². The van der Waals surface area contributed by atoms with E-state index in [1.54, 1.807) is 0 Å². The fraction of sp³-hybridized carbons (Fsp3) is 0.688. The number of pyridine rings is 1. The van der Waals surface area contributed by atoms with Crippen molar-refractivity contribution in [1.82, 2.24) is 10.3 Å². The van der Waals surface area contributed by atoms with Crippen LogP contribution in [0.5, 0.6) is 0 Å². The van der Waals surface area contributed by atoms with Gasteiger partial charge < -0.3 is 10.2 Å². The van der Waals surface area contributed by atoms with Gasteiger partial charge in [0.05, 0.1) is 23.4 Å². The molecular weight excluding hydrogens is 355 g/mol. The van der Waals surface area contributed by atoms with Gasteiger partial charge in [-0.3, -0.25) is 0 Å². The van der Waals surface area contributed by atoms with E-state index in [-0.39, 0.29) is 5.41 Å². The summed E-state index contributed by atoms with van der Waals surface area (Å²) in [5.74, 6) is 0.847. The van der Waals surface area contributed by atoms with Crippen LogP contribution in [-0.4, -0.2) is 51.1 Å². The van der Waals surface area contributed by atoms with E-state index < -0.39 is 21.7 Å². The van der Waals surface area contributed by atoms with Crippen molar-refractivity contribution in [2.75, 3.05) is 42.6 Å². The molecule has 5 nitrogen and oxygen atoms in total. The van der Waals surface area contributed by atoms with Crippen molar-refractivity contribution in [3.05, 3.63) is 24.0 Å². The first-order valence-electron chi connectivity index (χ1n) is 8.39. The molecule has 3 aliphatic rings. The molecule has 0 unspecified atom stereocenters. The molecule has 25 heavy (non-hydrogen) atoms. The number of hydrogen-bond donors (Lipinski definition) is 1. The van der Waals surface area contributed by atoms with E-state index in [1.807, 2.05) is 4.90 Å². The predicted octanol–water partition coefficient (Wildman–Crippen LogP) is 2.10. The molecule has 0 bridgehead atoms. The highest BCUT2D eigenvalue weighted by atomic mass is 32.2. The lowest BCUT2D eigenvalue weighted by atomic mass is 9.91. The smallest absolute Gasteiger partial charge is 0.370 e. The molecule has 4 rings (SSSR count). The van der Waals surface area contributed by atoms with Crippen LogP contribution in [0, 0.1) is 5.41 Å². The van der Waals surface area contributed by atoms with Crippen molar-refractivity contribution in [1.29, 1.82) is 0 Å². The predicted molar refractivity (Wildman–Crippen MR) is 89.3 cm³/mol. The average molecular weight is 377 g/mol. The number of nitrogens with zero attached hydrogens (tertiary/aromatic N) is 2. The minimum absolute atomic E-state index is 0.152. The van der Waals surface area contributed by atoms with Crippen molar-refractivity contribution in [3.63, 3.8) is 0 Å². The molecule has 1 aromatic rings. The summed E-state index contributed by atoms with van der Waals surface area (Å²) >= 11 is 0. The minimum Gasteiger partial charge on any atom is -0.370 e. The molecule has 0 aliphatic carbocycles. The second-order valence-corrected chi connectivity index (χ2v) is 9.12. The molecule has 0 amide bonds. The largest absolute Gasteiger partial charge is 0.433 e. The Morgan fingerprint density at radius 2 is 1.84 bits per heavy atom. The zero-order valence-electron chi connectivity index (χ0n) is 13.8. The highest BCUT2D eigenvalue weighted by molar-refractivity contribution is 7.92. The molecule has 0 atom stereocenters. The Morgan fingerprint density at radius 3 is 2.28 bits per heavy atom. The third kappa shape index (κ3) is 4.44. The average Bonchev–Trinajstić information content (AvgIpc) is 3.17. The Labute approximate surface area is 145 Å². The summed E-state index contributed by atoms with van der Waals surface area (Å²) in [4.78, 5) is 5.48. The Bertz CT molecular complexity index is 678. The van der Waals surface area contributed by atoms with E-state index in [1.165, 1.54) is 12.3 Å². The number of alkyl halides is 3. The van der Waals surface area contributed by atoms with E-state index in [0.717, 1.165) is 57.2 Å². The van der Waals surface area contributed by atoms with Gasteiger partial charge in [-0.2, -0.15) is 13.2 Å². The van der Waals surface area contributed by atoms with Gasteiger partial charge in [-0.05, 0) is 37.9 Å². The molecule has 0 saturated carbocycles. The molecule has 0 radical (unpaired) electrons. The van der Waals surface area contributed by atoms with Gasteiger partial charge in [0.25, 0.3) is 0 Å². The first-order valence-corrected chi connectivity index (χ1v) is 10.2. The molecule has 1 spiro atoms. The van der Waals surface area contributed by atoms with Crippen LogP contribution in [0.1, 0.15) is 25.0 Å². The SMILES string of the molecule is FC(F)(F)c1ccc(N2CCCC2)cn1.O=S1(=O)CC2(CCNC2)C1. The van der Waals surface area contributed by atoms with Crippen LogP contribution < -0.4 is 10.2 Å². The lowest BCUT2D eigenvalue weighted by Gasteiger charge is -2.36. The summed E-state index contributed by atoms with van der Waals surface area (Å²) in [7, 11) is -2.61. The second-order valence-electron chi connectivity index (χ2n) is 7.05. The monoisotopic (exact) mass is 377 g/mol. The minimum atomic E-state index is -4.34. The van der Waals surface area contributed by atoms with Crippen LogP contribution in [-0.2, 0) is 16.0 Å². The summed E-state index contributed by atoms with van der Waals surface area (Å²) in [6.45, 7) is 3.72. The Hall–Kier alpha value is -1.35. The van der Waals surface area contributed by atoms with Gasteiger partial charge in [0.2, 0.25) is 0 Å². The number of sulfone groups is 1. The number of nitrogens with one attached hydrogen (secondary N) is 1. The first-order chi connectivity index (χ1) is 11.7. The molecule has 3 fully saturated rings. The number of rotatable bonds is 1. The summed E-state index contributed by atoms with van der Waals surface area (Å²) < 4.78 is 58.3. The maximum absolute atomic E-state index is 12.2. The molecule has 9 heteroatoms. The summed E-state index contributed by atoms with van der Waals surface area (Å²) in [5.41, 5.74) is 0.102. The molecule has 1 N–H and O–H groups in total. The maximum Gasteiger partial charge on any atom is 0.433 e. The molecule has 4 heterocycles. The Balaban J connectivity index is 0.000000157. The highest BCUT2D eigenvalue weighted by Gasteiger charge is 2.49. The molecule has 3 saturated heterocycles. The fourth-order valence-corrected chi connectivity index (χ4v) is 5.92. The van der Waals surface area contributed by atoms with Gasteiger partial charge in [0.1, 0.15) is 5.69 Å². The van der Waals surface area contributed by atoms with Crippen LogP contribution in [0.2, 0.25) is 0 Å². The third-order valence-corrected chi connectivity index (χ3v) is 7.00. The van der Waals surface area contributed by atoms with Crippen molar-refractivity contribution >= 4 is 15.5 Å². The molecule has 1 aromatic heterocycles. The molecule has 140 valence electrons. The first kappa shape index (κ1) is 18.4. The van der Waals surface area contributed by atoms with Gasteiger partial charge >= 0.3 is 6.18 Å². The quantitative estimate of drug-likeness (QED) is 0.812. The second kappa shape index (κ2) is 6.75. The highest BCUT2D eigenvalue weighted by Crippen LogP contribution is 2.37. The van der Waals surface area contributed by atoms with Crippen molar-refractivity contribution in [2.24, 2.45) is 5.41 Å². The van der Waals surface area contributed by atoms with E-state index in [9.17, 15) is 21.6 Å². The fourth-order valence-electron chi connectivity index (χ4n) is 3.65. The standard InChI is InChI=1S/C10H11F3N2.C6H11NO2S/c11-10(12,13)9-4-3-8(7-14-9)15-5-1-2-6-15;8-10(9)4-6(5-10)1-2-7-3-6/h3-4,7H,1-2,5-6H2;7H,1-5H2. The van der Waals surface area contributed by atoms with Crippen molar-refractivity contribution < 1.29 is 21.6 Å². The summed E-state index contributed by atoms with van der Waals surface area (Å²) in [5, 5.41) is 3.19. The van der Waals surface area contributed by atoms with Gasteiger partial charge in [0, 0.05) is 25.0 Å². The molecular formula is C16H22F3N3O2S. The van der Waals surface area contributed by atoms with Crippen molar-refractivity contribution in [3.8, 4) is 0 Å². The maximum atomic E-state index is 12.2. The van der Waals surface area contributed by atoms with Gasteiger partial charge in [-0.15, -0.1) is 0 Å². The third-order valence-electron chi connectivity index (χ3n) is 4.89. The van der Waals surface area contributed by atoms with Gasteiger partial charge in [0.15, 0.2) is 9.84 Å². The van der Waals surface area contributed by atoms with E-state index in [2.05, 4.69) is 10.3 Å². The van der Waals surface area contributed by atoms with Crippen LogP contribution in [0.4, 0.5) is 18.9 Å². The number of aromatic nitrogens is 1. The Kier molecular flexibility index (Phi) is 4.98. The zero-order chi connectivity index (χ0) is 18.1. The lowest BCUT2D eigenvalue weighted by molar-refractivity contribution is -0.141. The van der Waals surface area contributed by atoms with Crippen LogP contribution in [0.15, 0.2) is 18.3 Å². The van der Waals surface area contributed by atoms with Crippen molar-refractivity contribution in [2.45, 2.75) is 25.4 Å². The Morgan fingerprint density at radius 1 is 1.16 bits per heavy atom. The normalized spacial score (nSPS) is 23.9. The van der Waals surface area contributed by atoms with Crippen LogP contribution in [0.3, 0.4) is 0 Å². The number of anilines is 1. The zero-order valence-corrected chi connectivity index (χ0v) is 14.7. The van der Waals surface area contributed by atoms with Crippen LogP contribution in [0.25, 0.3) is 0 Å². The molecule has 0 aromatic carbocycles. The summed E-state index contributed by atoms with van der Waals surface area (Å²) in [6, 6.07) is 2.52. The number of hydrogen-bond acceptors (Lipinski definition) is 5. The number of halogens is 3. The molecule has 3 aliphatic heterocycles. The van der Waals surface area contributed by atoms with E-state index in [4.69, 9.17) is 0 Å². The van der Waals surface area contributed by atoms with E-state index in [0.29, 0.717) is 11.5 Å². The van der Waals surface area contributed by atoms with E-state index >= 15 is 0 Å². The van der Waals surface area contributed by atoms with Crippen LogP contribution >= 0.6 is 0 Å². The topological polar surface area (TPSA) is 62.3 Å². The summed E-state index contributed by atoms with van der Waals surface area (Å²) in [6.07, 6.45) is 0.200. The lowest BCUT2D eigenvalue weighted by Crippen LogP contribution is -2.49.